The Morgan fingerprint density at radius 1 is 1.41 bits per heavy atom. The molecule has 0 saturated heterocycles. The summed E-state index contributed by atoms with van der Waals surface area (Å²) in [4.78, 5) is 1.87. The lowest BCUT2D eigenvalue weighted by molar-refractivity contribution is 0.183. The molecule has 2 N–H and O–H groups in total. The number of likely N-dealkylation sites (N-methyl/N-ethyl adjacent to an activating group) is 1. The van der Waals surface area contributed by atoms with Crippen LogP contribution in [0, 0.1) is 5.82 Å². The number of hydrogen-bond donors (Lipinski definition) is 1. The molecule has 0 aromatic heterocycles. The summed E-state index contributed by atoms with van der Waals surface area (Å²) in [6, 6.07) is 4.90. The van der Waals surface area contributed by atoms with Gasteiger partial charge in [0.1, 0.15) is 5.82 Å². The Balaban J connectivity index is 3.10. The van der Waals surface area contributed by atoms with Crippen LogP contribution in [0.4, 0.5) is 10.1 Å². The van der Waals surface area contributed by atoms with Crippen LogP contribution in [0.25, 0.3) is 0 Å². The van der Waals surface area contributed by atoms with Crippen molar-refractivity contribution < 1.29 is 9.13 Å². The largest absolute Gasteiger partial charge is 0.383 e. The van der Waals surface area contributed by atoms with Crippen molar-refractivity contribution in [3.8, 4) is 0 Å². The fourth-order valence-corrected chi connectivity index (χ4v) is 1.84. The van der Waals surface area contributed by atoms with E-state index >= 15 is 0 Å². The molecule has 0 aliphatic heterocycles. The smallest absolute Gasteiger partial charge is 0.146 e. The lowest BCUT2D eigenvalue weighted by atomic mass is 10.0. The zero-order valence-electron chi connectivity index (χ0n) is 10.9. The molecule has 17 heavy (non-hydrogen) atoms. The highest BCUT2D eigenvalue weighted by Crippen LogP contribution is 2.28. The Hall–Kier alpha value is -1.13. The molecule has 4 heteroatoms. The number of para-hydroxylation sites is 1. The molecule has 0 fully saturated rings. The third kappa shape index (κ3) is 3.17. The van der Waals surface area contributed by atoms with Crippen LogP contribution in [-0.2, 0) is 4.74 Å². The fraction of sp³-hybridized carbons (Fsp3) is 0.538. The minimum atomic E-state index is -0.245. The summed E-state index contributed by atoms with van der Waals surface area (Å²) < 4.78 is 19.0. The van der Waals surface area contributed by atoms with E-state index in [1.807, 2.05) is 31.9 Å². The van der Waals surface area contributed by atoms with Gasteiger partial charge in [0.15, 0.2) is 0 Å². The first-order valence-corrected chi connectivity index (χ1v) is 5.74. The van der Waals surface area contributed by atoms with E-state index in [0.29, 0.717) is 12.3 Å². The van der Waals surface area contributed by atoms with Crippen molar-refractivity contribution >= 4 is 5.69 Å². The molecule has 1 aromatic carbocycles. The highest BCUT2D eigenvalue weighted by Gasteiger charge is 2.19. The van der Waals surface area contributed by atoms with Gasteiger partial charge in [0, 0.05) is 26.2 Å². The molecule has 3 nitrogen and oxygen atoms in total. The standard InChI is InChI=1S/C13H21FN2O/c1-9(8-17-4)16(3)13-11(10(2)15)6-5-7-12(13)14/h5-7,9-10H,8,15H2,1-4H3/t9?,10-/m0/s1. The highest BCUT2D eigenvalue weighted by molar-refractivity contribution is 5.56. The maximum atomic E-state index is 13.9. The van der Waals surface area contributed by atoms with Crippen LogP contribution in [0.15, 0.2) is 18.2 Å². The van der Waals surface area contributed by atoms with Crippen LogP contribution in [0.2, 0.25) is 0 Å². The van der Waals surface area contributed by atoms with Crippen molar-refractivity contribution in [2.24, 2.45) is 5.73 Å². The third-order valence-corrected chi connectivity index (χ3v) is 2.93. The molecule has 2 atom stereocenters. The first-order chi connectivity index (χ1) is 7.99. The van der Waals surface area contributed by atoms with Gasteiger partial charge in [-0.25, -0.2) is 4.39 Å². The lowest BCUT2D eigenvalue weighted by Crippen LogP contribution is -2.34. The normalized spacial score (nSPS) is 14.5. The number of halogens is 1. The van der Waals surface area contributed by atoms with E-state index in [1.165, 1.54) is 6.07 Å². The second kappa shape index (κ2) is 5.98. The predicted molar refractivity (Wildman–Crippen MR) is 68.7 cm³/mol. The van der Waals surface area contributed by atoms with Gasteiger partial charge in [-0.05, 0) is 25.5 Å². The van der Waals surface area contributed by atoms with Crippen molar-refractivity contribution in [3.63, 3.8) is 0 Å². The molecular formula is C13H21FN2O. The maximum absolute atomic E-state index is 13.9. The molecule has 0 radical (unpaired) electrons. The minimum Gasteiger partial charge on any atom is -0.383 e. The summed E-state index contributed by atoms with van der Waals surface area (Å²) in [6.07, 6.45) is 0. The number of rotatable bonds is 5. The van der Waals surface area contributed by atoms with Crippen molar-refractivity contribution in [1.82, 2.24) is 0 Å². The number of nitrogens with zero attached hydrogens (tertiary/aromatic N) is 1. The number of nitrogens with two attached hydrogens (primary N) is 1. The molecule has 0 spiro atoms. The predicted octanol–water partition coefficient (Wildman–Crippen LogP) is 2.32. The van der Waals surface area contributed by atoms with E-state index in [1.54, 1.807) is 13.2 Å². The van der Waals surface area contributed by atoms with Crippen LogP contribution >= 0.6 is 0 Å². The summed E-state index contributed by atoms with van der Waals surface area (Å²) >= 11 is 0. The molecular weight excluding hydrogens is 219 g/mol. The quantitative estimate of drug-likeness (QED) is 0.858. The molecule has 0 amide bonds. The van der Waals surface area contributed by atoms with Gasteiger partial charge in [-0.3, -0.25) is 0 Å². The Bertz CT molecular complexity index is 368. The molecule has 1 unspecified atom stereocenters. The van der Waals surface area contributed by atoms with Crippen LogP contribution in [0.5, 0.6) is 0 Å². The monoisotopic (exact) mass is 240 g/mol. The number of ether oxygens (including phenoxy) is 1. The van der Waals surface area contributed by atoms with Crippen molar-refractivity contribution in [3.05, 3.63) is 29.6 Å². The Kier molecular flexibility index (Phi) is 4.90. The molecule has 0 aliphatic rings. The average molecular weight is 240 g/mol. The third-order valence-electron chi connectivity index (χ3n) is 2.93. The van der Waals surface area contributed by atoms with Gasteiger partial charge in [-0.1, -0.05) is 12.1 Å². The summed E-state index contributed by atoms with van der Waals surface area (Å²) in [5, 5.41) is 0. The molecule has 0 aliphatic carbocycles. The Morgan fingerprint density at radius 3 is 2.59 bits per heavy atom. The van der Waals surface area contributed by atoms with Gasteiger partial charge in [0.25, 0.3) is 0 Å². The summed E-state index contributed by atoms with van der Waals surface area (Å²) in [6.45, 7) is 4.39. The van der Waals surface area contributed by atoms with E-state index in [2.05, 4.69) is 0 Å². The van der Waals surface area contributed by atoms with E-state index in [4.69, 9.17) is 10.5 Å². The first kappa shape index (κ1) is 13.9. The highest BCUT2D eigenvalue weighted by atomic mass is 19.1. The Morgan fingerprint density at radius 2 is 2.06 bits per heavy atom. The summed E-state index contributed by atoms with van der Waals surface area (Å²) in [7, 11) is 3.49. The van der Waals surface area contributed by atoms with E-state index in [0.717, 1.165) is 5.56 Å². The maximum Gasteiger partial charge on any atom is 0.146 e. The molecule has 0 saturated carbocycles. The van der Waals surface area contributed by atoms with Crippen LogP contribution in [0.1, 0.15) is 25.5 Å². The van der Waals surface area contributed by atoms with Crippen LogP contribution in [-0.4, -0.2) is 26.8 Å². The van der Waals surface area contributed by atoms with Gasteiger partial charge in [-0.15, -0.1) is 0 Å². The zero-order valence-corrected chi connectivity index (χ0v) is 10.9. The minimum absolute atomic E-state index is 0.0920. The first-order valence-electron chi connectivity index (χ1n) is 5.74. The summed E-state index contributed by atoms with van der Waals surface area (Å²) in [5.41, 5.74) is 7.25. The van der Waals surface area contributed by atoms with Gasteiger partial charge in [0.05, 0.1) is 12.3 Å². The molecule has 1 rings (SSSR count). The van der Waals surface area contributed by atoms with E-state index in [-0.39, 0.29) is 17.9 Å². The SMILES string of the molecule is COCC(C)N(C)c1c(F)cccc1[C@H](C)N. The molecule has 1 aromatic rings. The van der Waals surface area contributed by atoms with E-state index < -0.39 is 0 Å². The lowest BCUT2D eigenvalue weighted by Gasteiger charge is -2.29. The zero-order chi connectivity index (χ0) is 13.0. The number of benzene rings is 1. The van der Waals surface area contributed by atoms with Crippen molar-refractivity contribution in [2.75, 3.05) is 25.7 Å². The average Bonchev–Trinajstić information content (AvgIpc) is 2.28. The van der Waals surface area contributed by atoms with Gasteiger partial charge in [0.2, 0.25) is 0 Å². The van der Waals surface area contributed by atoms with Gasteiger partial charge in [-0.2, -0.15) is 0 Å². The molecule has 0 bridgehead atoms. The van der Waals surface area contributed by atoms with E-state index in [9.17, 15) is 4.39 Å². The number of anilines is 1. The fourth-order valence-electron chi connectivity index (χ4n) is 1.84. The molecule has 96 valence electrons. The topological polar surface area (TPSA) is 38.5 Å². The van der Waals surface area contributed by atoms with Crippen LogP contribution < -0.4 is 10.6 Å². The van der Waals surface area contributed by atoms with Gasteiger partial charge < -0.3 is 15.4 Å². The van der Waals surface area contributed by atoms with Gasteiger partial charge >= 0.3 is 0 Å². The second-order valence-electron chi connectivity index (χ2n) is 4.38. The van der Waals surface area contributed by atoms with Crippen LogP contribution in [0.3, 0.4) is 0 Å². The second-order valence-corrected chi connectivity index (χ2v) is 4.38. The van der Waals surface area contributed by atoms with Crippen molar-refractivity contribution in [1.29, 1.82) is 0 Å². The van der Waals surface area contributed by atoms with Crippen molar-refractivity contribution in [2.45, 2.75) is 25.9 Å². The Labute approximate surface area is 102 Å². The number of hydrogen-bond acceptors (Lipinski definition) is 3. The number of methoxy groups -OCH3 is 1. The molecule has 0 heterocycles. The summed E-state index contributed by atoms with van der Waals surface area (Å²) in [5.74, 6) is -0.245.